The number of nitrogens with zero attached hydrogens (tertiary/aromatic N) is 2. The van der Waals surface area contributed by atoms with E-state index in [1.807, 2.05) is 55.3 Å². The lowest BCUT2D eigenvalue weighted by Crippen LogP contribution is -2.25. The van der Waals surface area contributed by atoms with Crippen LogP contribution in [0.25, 0.3) is 4.91 Å². The average molecular weight is 515 g/mol. The molecule has 9 nitrogen and oxygen atoms in total. The topological polar surface area (TPSA) is 135 Å². The van der Waals surface area contributed by atoms with Crippen LogP contribution in [-0.2, 0) is 9.59 Å². The molecule has 196 valence electrons. The van der Waals surface area contributed by atoms with E-state index in [1.54, 1.807) is 7.11 Å². The minimum absolute atomic E-state index is 0.168. The molecule has 3 rings (SSSR count). The van der Waals surface area contributed by atoms with Crippen LogP contribution in [0.1, 0.15) is 18.4 Å². The predicted molar refractivity (Wildman–Crippen MR) is 153 cm³/mol. The van der Waals surface area contributed by atoms with Crippen LogP contribution in [-0.4, -0.2) is 70.5 Å². The Labute approximate surface area is 218 Å². The fourth-order valence-corrected chi connectivity index (χ4v) is 4.54. The van der Waals surface area contributed by atoms with Gasteiger partial charge in [0.25, 0.3) is 5.91 Å². The van der Waals surface area contributed by atoms with Gasteiger partial charge in [-0.25, -0.2) is 0 Å². The number of hydrogen-bond acceptors (Lipinski definition) is 9. The smallest absolute Gasteiger partial charge is 0.268 e. The SMILES string of the molecule is C=N/C(C(N)=O)=C(\SCNc1ccc(OC)cc1)c1ccc(NCCN2CCCC2)cc1.C=O.CN. The Kier molecular flexibility index (Phi) is 15.3. The second kappa shape index (κ2) is 18.0. The summed E-state index contributed by atoms with van der Waals surface area (Å²) in [5.41, 5.74) is 13.1. The average Bonchev–Trinajstić information content (AvgIpc) is 3.45. The summed E-state index contributed by atoms with van der Waals surface area (Å²) in [6, 6.07) is 15.6. The number of benzene rings is 2. The van der Waals surface area contributed by atoms with Crippen LogP contribution in [0.5, 0.6) is 5.75 Å². The largest absolute Gasteiger partial charge is 0.497 e. The number of carbonyl (C=O) groups excluding carboxylic acids is 2. The van der Waals surface area contributed by atoms with Gasteiger partial charge in [0.05, 0.1) is 13.0 Å². The molecule has 1 aliphatic heterocycles. The molecule has 0 radical (unpaired) electrons. The van der Waals surface area contributed by atoms with Crippen LogP contribution < -0.4 is 26.8 Å². The van der Waals surface area contributed by atoms with E-state index in [-0.39, 0.29) is 5.70 Å². The Morgan fingerprint density at radius 3 is 2.11 bits per heavy atom. The van der Waals surface area contributed by atoms with E-state index >= 15 is 0 Å². The Morgan fingerprint density at radius 1 is 1.03 bits per heavy atom. The van der Waals surface area contributed by atoms with E-state index in [0.717, 1.165) is 35.8 Å². The second-order valence-electron chi connectivity index (χ2n) is 7.45. The van der Waals surface area contributed by atoms with Crippen molar-refractivity contribution in [2.75, 3.05) is 56.8 Å². The lowest BCUT2D eigenvalue weighted by atomic mass is 10.1. The minimum Gasteiger partial charge on any atom is -0.497 e. The molecule has 0 aromatic heterocycles. The first-order valence-corrected chi connectivity index (χ1v) is 12.5. The molecule has 0 unspecified atom stereocenters. The zero-order valence-electron chi connectivity index (χ0n) is 21.2. The molecule has 0 saturated carbocycles. The Morgan fingerprint density at radius 2 is 1.58 bits per heavy atom. The van der Waals surface area contributed by atoms with Crippen molar-refractivity contribution in [1.82, 2.24) is 4.90 Å². The van der Waals surface area contributed by atoms with Crippen LogP contribution in [0.4, 0.5) is 11.4 Å². The number of methoxy groups -OCH3 is 1. The van der Waals surface area contributed by atoms with Crippen molar-refractivity contribution in [3.63, 3.8) is 0 Å². The number of anilines is 2. The van der Waals surface area contributed by atoms with Crippen LogP contribution in [0.15, 0.2) is 59.2 Å². The van der Waals surface area contributed by atoms with Crippen LogP contribution in [0, 0.1) is 0 Å². The van der Waals surface area contributed by atoms with E-state index in [1.165, 1.54) is 44.7 Å². The molecule has 0 atom stereocenters. The Balaban J connectivity index is 0.00000154. The molecule has 2 aromatic rings. The molecule has 1 aliphatic rings. The zero-order chi connectivity index (χ0) is 26.8. The third-order valence-corrected chi connectivity index (χ3v) is 6.30. The highest BCUT2D eigenvalue weighted by Crippen LogP contribution is 2.32. The molecule has 36 heavy (non-hydrogen) atoms. The fourth-order valence-electron chi connectivity index (χ4n) is 3.55. The van der Waals surface area contributed by atoms with Gasteiger partial charge in [-0.05, 0) is 81.7 Å². The molecule has 0 bridgehead atoms. The molecule has 1 amide bonds. The summed E-state index contributed by atoms with van der Waals surface area (Å²) in [7, 11) is 3.14. The molecule has 1 heterocycles. The Hall–Kier alpha value is -3.34. The fraction of sp³-hybridized carbons (Fsp3) is 0.346. The molecular weight excluding hydrogens is 476 g/mol. The molecule has 1 fully saturated rings. The van der Waals surface area contributed by atoms with Crippen LogP contribution in [0.2, 0.25) is 0 Å². The molecule has 0 spiro atoms. The third-order valence-electron chi connectivity index (χ3n) is 5.29. The van der Waals surface area contributed by atoms with Crippen LogP contribution >= 0.6 is 11.8 Å². The third kappa shape index (κ3) is 10.1. The van der Waals surface area contributed by atoms with E-state index in [4.69, 9.17) is 15.3 Å². The molecule has 0 aliphatic carbocycles. The number of nitrogens with two attached hydrogens (primary N) is 2. The number of nitrogens with one attached hydrogen (secondary N) is 2. The number of amides is 1. The van der Waals surface area contributed by atoms with E-state index in [2.05, 4.69) is 33.0 Å². The number of primary amides is 1. The highest BCUT2D eigenvalue weighted by molar-refractivity contribution is 8.08. The summed E-state index contributed by atoms with van der Waals surface area (Å²) >= 11 is 1.46. The molecular formula is C26H38N6O3S. The molecule has 1 saturated heterocycles. The standard InChI is InChI=1S/C24H31N5O2S.CH5N.CH2O/c1-26-22(24(25)30)23(32-17-28-20-9-11-21(31-2)12-10-20)18-5-7-19(8-6-18)27-13-16-29-14-3-4-15-29;2*1-2/h5-12,27-28H,1,3-4,13-17H2,2H3,(H2,25,30);2H2,1H3;1H2/b23-22-;;. The first-order chi connectivity index (χ1) is 17.6. The summed E-state index contributed by atoms with van der Waals surface area (Å²) in [6.07, 6.45) is 2.60. The van der Waals surface area contributed by atoms with E-state index in [9.17, 15) is 4.79 Å². The number of ether oxygens (including phenoxy) is 1. The zero-order valence-corrected chi connectivity index (χ0v) is 22.0. The maximum Gasteiger partial charge on any atom is 0.268 e. The van der Waals surface area contributed by atoms with Gasteiger partial charge in [0.15, 0.2) is 0 Å². The van der Waals surface area contributed by atoms with Gasteiger partial charge in [-0.15, -0.1) is 11.8 Å². The van der Waals surface area contributed by atoms with Crippen molar-refractivity contribution in [3.05, 3.63) is 59.8 Å². The molecule has 10 heteroatoms. The van der Waals surface area contributed by atoms with Gasteiger partial charge in [-0.2, -0.15) is 0 Å². The second-order valence-corrected chi connectivity index (χ2v) is 8.43. The highest BCUT2D eigenvalue weighted by atomic mass is 32.2. The number of thioether (sulfide) groups is 1. The Bertz CT molecular complexity index is 945. The van der Waals surface area contributed by atoms with Gasteiger partial charge in [-0.3, -0.25) is 9.79 Å². The van der Waals surface area contributed by atoms with E-state index in [0.29, 0.717) is 10.8 Å². The monoisotopic (exact) mass is 514 g/mol. The van der Waals surface area contributed by atoms with E-state index < -0.39 is 5.91 Å². The lowest BCUT2D eigenvalue weighted by molar-refractivity contribution is -0.114. The molecule has 2 aromatic carbocycles. The van der Waals surface area contributed by atoms with Crippen molar-refractivity contribution in [2.24, 2.45) is 16.5 Å². The summed E-state index contributed by atoms with van der Waals surface area (Å²) in [6.45, 7) is 9.88. The first kappa shape index (κ1) is 30.7. The van der Waals surface area contributed by atoms with Gasteiger partial charge < -0.3 is 36.5 Å². The molecule has 6 N–H and O–H groups in total. The van der Waals surface area contributed by atoms with Crippen LogP contribution in [0.3, 0.4) is 0 Å². The summed E-state index contributed by atoms with van der Waals surface area (Å²) in [5.74, 6) is 0.730. The van der Waals surface area contributed by atoms with Gasteiger partial charge >= 0.3 is 0 Å². The number of rotatable bonds is 12. The maximum absolute atomic E-state index is 11.9. The summed E-state index contributed by atoms with van der Waals surface area (Å²) in [4.78, 5) is 27.0. The van der Waals surface area contributed by atoms with Gasteiger partial charge in [-0.1, -0.05) is 12.1 Å². The maximum atomic E-state index is 11.9. The normalized spacial score (nSPS) is 13.2. The number of likely N-dealkylation sites (tertiary alicyclic amines) is 1. The minimum atomic E-state index is -0.597. The number of hydrogen-bond donors (Lipinski definition) is 4. The number of aliphatic imine (C=N–C) groups is 1. The number of carbonyl (C=O) groups is 2. The summed E-state index contributed by atoms with van der Waals surface area (Å²) < 4.78 is 5.18. The highest BCUT2D eigenvalue weighted by Gasteiger charge is 2.15. The van der Waals surface area contributed by atoms with Crippen molar-refractivity contribution < 1.29 is 14.3 Å². The van der Waals surface area contributed by atoms with Crippen molar-refractivity contribution in [1.29, 1.82) is 0 Å². The van der Waals surface area contributed by atoms with Crippen molar-refractivity contribution in [3.8, 4) is 5.75 Å². The lowest BCUT2D eigenvalue weighted by Gasteiger charge is -2.16. The van der Waals surface area contributed by atoms with Crippen molar-refractivity contribution >= 4 is 47.5 Å². The van der Waals surface area contributed by atoms with Gasteiger partial charge in [0.2, 0.25) is 0 Å². The first-order valence-electron chi connectivity index (χ1n) is 11.6. The predicted octanol–water partition coefficient (Wildman–Crippen LogP) is 3.25. The van der Waals surface area contributed by atoms with Gasteiger partial charge in [0.1, 0.15) is 18.2 Å². The quantitative estimate of drug-likeness (QED) is 0.193. The summed E-state index contributed by atoms with van der Waals surface area (Å²) in [5, 5.41) is 6.79. The van der Waals surface area contributed by atoms with Crippen molar-refractivity contribution in [2.45, 2.75) is 12.8 Å². The van der Waals surface area contributed by atoms with Gasteiger partial charge in [0, 0.05) is 29.4 Å².